The van der Waals surface area contributed by atoms with Crippen LogP contribution in [0.15, 0.2) is 36.4 Å². The molecule has 1 atom stereocenters. The third kappa shape index (κ3) is 6.51. The molecule has 11 heteroatoms. The van der Waals surface area contributed by atoms with Gasteiger partial charge in [0.25, 0.3) is 0 Å². The second kappa shape index (κ2) is 10.7. The summed E-state index contributed by atoms with van der Waals surface area (Å²) in [4.78, 5) is 26.9. The molecule has 0 saturated heterocycles. The number of anilines is 1. The maximum absolute atomic E-state index is 13.3. The van der Waals surface area contributed by atoms with E-state index in [4.69, 9.17) is 34.8 Å². The molecular weight excluding hydrogens is 497 g/mol. The Kier molecular flexibility index (Phi) is 8.82. The molecule has 0 aromatic heterocycles. The number of rotatable bonds is 8. The summed E-state index contributed by atoms with van der Waals surface area (Å²) in [5, 5.41) is 3.50. The Balaban J connectivity index is 2.44. The molecule has 2 rings (SSSR count). The van der Waals surface area contributed by atoms with Crippen LogP contribution in [0.2, 0.25) is 15.1 Å². The second-order valence-electron chi connectivity index (χ2n) is 7.26. The van der Waals surface area contributed by atoms with Crippen molar-refractivity contribution in [3.63, 3.8) is 0 Å². The van der Waals surface area contributed by atoms with Gasteiger partial charge in [-0.1, -0.05) is 46.9 Å². The Morgan fingerprint density at radius 2 is 1.72 bits per heavy atom. The van der Waals surface area contributed by atoms with Crippen molar-refractivity contribution in [2.45, 2.75) is 26.4 Å². The number of nitrogens with zero attached hydrogens (tertiary/aromatic N) is 2. The molecular formula is C21H24Cl3N3O4S. The minimum Gasteiger partial charge on any atom is -0.357 e. The molecule has 0 aliphatic carbocycles. The van der Waals surface area contributed by atoms with E-state index in [-0.39, 0.29) is 12.2 Å². The number of likely N-dealkylation sites (N-methyl/N-ethyl adjacent to an activating group) is 1. The number of aryl methyl sites for hydroxylation is 1. The van der Waals surface area contributed by atoms with Crippen LogP contribution in [-0.2, 0) is 26.2 Å². The van der Waals surface area contributed by atoms with Crippen LogP contribution >= 0.6 is 34.8 Å². The van der Waals surface area contributed by atoms with Gasteiger partial charge in [-0.3, -0.25) is 13.9 Å². The van der Waals surface area contributed by atoms with Crippen molar-refractivity contribution in [2.24, 2.45) is 0 Å². The van der Waals surface area contributed by atoms with E-state index in [0.717, 1.165) is 10.6 Å². The average molecular weight is 521 g/mol. The van der Waals surface area contributed by atoms with Crippen LogP contribution in [0, 0.1) is 6.92 Å². The lowest BCUT2D eigenvalue weighted by atomic mass is 10.1. The summed E-state index contributed by atoms with van der Waals surface area (Å²) in [5.41, 5.74) is 1.55. The molecule has 1 N–H and O–H groups in total. The fourth-order valence-electron chi connectivity index (χ4n) is 3.07. The highest BCUT2D eigenvalue weighted by Crippen LogP contribution is 2.27. The molecule has 2 aromatic rings. The highest BCUT2D eigenvalue weighted by Gasteiger charge is 2.30. The van der Waals surface area contributed by atoms with Crippen LogP contribution < -0.4 is 9.62 Å². The quantitative estimate of drug-likeness (QED) is 0.572. The lowest BCUT2D eigenvalue weighted by Crippen LogP contribution is -2.50. The lowest BCUT2D eigenvalue weighted by Gasteiger charge is -2.31. The van der Waals surface area contributed by atoms with Crippen LogP contribution in [0.4, 0.5) is 5.69 Å². The van der Waals surface area contributed by atoms with E-state index in [0.29, 0.717) is 26.2 Å². The first-order chi connectivity index (χ1) is 14.8. The molecule has 0 saturated carbocycles. The fraction of sp³-hybridized carbons (Fsp3) is 0.333. The highest BCUT2D eigenvalue weighted by atomic mass is 35.5. The molecule has 0 radical (unpaired) electrons. The highest BCUT2D eigenvalue weighted by molar-refractivity contribution is 7.92. The van der Waals surface area contributed by atoms with Gasteiger partial charge in [-0.25, -0.2) is 8.42 Å². The molecule has 0 aliphatic rings. The SMILES string of the molecule is CNC(=O)C(C)N(Cc1ccc(Cl)c(Cl)c1)C(=O)CN(c1cc(Cl)ccc1C)S(C)(=O)=O. The number of hydrogen-bond acceptors (Lipinski definition) is 4. The first kappa shape index (κ1) is 26.3. The number of nitrogens with one attached hydrogen (secondary N) is 1. The van der Waals surface area contributed by atoms with Crippen molar-refractivity contribution >= 4 is 62.3 Å². The van der Waals surface area contributed by atoms with Gasteiger partial charge in [0.15, 0.2) is 0 Å². The number of benzene rings is 2. The summed E-state index contributed by atoms with van der Waals surface area (Å²) < 4.78 is 26.1. The van der Waals surface area contributed by atoms with Crippen LogP contribution in [0.5, 0.6) is 0 Å². The Hall–Kier alpha value is -2.00. The molecule has 0 fully saturated rings. The maximum atomic E-state index is 13.3. The van der Waals surface area contributed by atoms with Crippen LogP contribution in [0.25, 0.3) is 0 Å². The molecule has 0 spiro atoms. The minimum absolute atomic E-state index is 0.0242. The topological polar surface area (TPSA) is 86.8 Å². The Labute approximate surface area is 203 Å². The Bertz CT molecular complexity index is 1130. The number of halogens is 3. The van der Waals surface area contributed by atoms with Crippen molar-refractivity contribution in [3.8, 4) is 0 Å². The van der Waals surface area contributed by atoms with E-state index >= 15 is 0 Å². The summed E-state index contributed by atoms with van der Waals surface area (Å²) in [6.07, 6.45) is 1.01. The Morgan fingerprint density at radius 1 is 1.06 bits per heavy atom. The van der Waals surface area contributed by atoms with Gasteiger partial charge in [-0.2, -0.15) is 0 Å². The van der Waals surface area contributed by atoms with E-state index in [1.165, 1.54) is 18.0 Å². The van der Waals surface area contributed by atoms with E-state index in [1.54, 1.807) is 44.2 Å². The molecule has 7 nitrogen and oxygen atoms in total. The van der Waals surface area contributed by atoms with Gasteiger partial charge in [0.05, 0.1) is 22.0 Å². The van der Waals surface area contributed by atoms with Gasteiger partial charge in [0.1, 0.15) is 12.6 Å². The number of sulfonamides is 1. The second-order valence-corrected chi connectivity index (χ2v) is 10.4. The lowest BCUT2D eigenvalue weighted by molar-refractivity contribution is -0.139. The van der Waals surface area contributed by atoms with Gasteiger partial charge < -0.3 is 10.2 Å². The maximum Gasteiger partial charge on any atom is 0.244 e. The fourth-order valence-corrected chi connectivity index (χ4v) is 4.46. The van der Waals surface area contributed by atoms with Crippen molar-refractivity contribution in [2.75, 3.05) is 24.2 Å². The monoisotopic (exact) mass is 519 g/mol. The van der Waals surface area contributed by atoms with Crippen LogP contribution in [0.1, 0.15) is 18.1 Å². The molecule has 1 unspecified atom stereocenters. The third-order valence-corrected chi connectivity index (χ3v) is 6.97. The number of amides is 2. The number of carbonyl (C=O) groups is 2. The Morgan fingerprint density at radius 3 is 2.28 bits per heavy atom. The number of carbonyl (C=O) groups excluding carboxylic acids is 2. The van der Waals surface area contributed by atoms with Crippen LogP contribution in [0.3, 0.4) is 0 Å². The first-order valence-electron chi connectivity index (χ1n) is 9.54. The predicted octanol–water partition coefficient (Wildman–Crippen LogP) is 3.88. The average Bonchev–Trinajstić information content (AvgIpc) is 2.72. The molecule has 0 heterocycles. The first-order valence-corrected chi connectivity index (χ1v) is 12.5. The van der Waals surface area contributed by atoms with Crippen LogP contribution in [-0.4, -0.2) is 51.0 Å². The van der Waals surface area contributed by atoms with Gasteiger partial charge in [0.2, 0.25) is 21.8 Å². The smallest absolute Gasteiger partial charge is 0.244 e. The van der Waals surface area contributed by atoms with Gasteiger partial charge in [-0.05, 0) is 49.2 Å². The summed E-state index contributed by atoms with van der Waals surface area (Å²) in [6, 6.07) is 8.77. The normalized spacial score (nSPS) is 12.2. The molecule has 0 bridgehead atoms. The van der Waals surface area contributed by atoms with Gasteiger partial charge >= 0.3 is 0 Å². The van der Waals surface area contributed by atoms with Gasteiger partial charge in [-0.15, -0.1) is 0 Å². The van der Waals surface area contributed by atoms with E-state index < -0.39 is 34.4 Å². The molecule has 174 valence electrons. The zero-order valence-electron chi connectivity index (χ0n) is 18.0. The molecule has 32 heavy (non-hydrogen) atoms. The van der Waals surface area contributed by atoms with Crippen molar-refractivity contribution in [1.29, 1.82) is 0 Å². The molecule has 2 aromatic carbocycles. The largest absolute Gasteiger partial charge is 0.357 e. The minimum atomic E-state index is -3.83. The molecule has 0 aliphatic heterocycles. The summed E-state index contributed by atoms with van der Waals surface area (Å²) in [5.74, 6) is -0.972. The van der Waals surface area contributed by atoms with E-state index in [1.807, 2.05) is 0 Å². The summed E-state index contributed by atoms with van der Waals surface area (Å²) in [6.45, 7) is 2.79. The summed E-state index contributed by atoms with van der Waals surface area (Å²) >= 11 is 18.1. The van der Waals surface area contributed by atoms with Crippen molar-refractivity contribution in [1.82, 2.24) is 10.2 Å². The zero-order valence-corrected chi connectivity index (χ0v) is 21.1. The molecule has 2 amide bonds. The zero-order chi connectivity index (χ0) is 24.2. The number of hydrogen-bond donors (Lipinski definition) is 1. The summed E-state index contributed by atoms with van der Waals surface area (Å²) in [7, 11) is -2.38. The van der Waals surface area contributed by atoms with Gasteiger partial charge in [0, 0.05) is 18.6 Å². The van der Waals surface area contributed by atoms with E-state index in [9.17, 15) is 18.0 Å². The van der Waals surface area contributed by atoms with Crippen molar-refractivity contribution < 1.29 is 18.0 Å². The standard InChI is InChI=1S/C21H24Cl3N3O4S/c1-13-5-7-16(22)10-19(13)27(32(4,30)31)12-20(28)26(14(2)21(29)25-3)11-15-6-8-17(23)18(24)9-15/h5-10,14H,11-12H2,1-4H3,(H,25,29). The third-order valence-electron chi connectivity index (χ3n) is 4.87. The van der Waals surface area contributed by atoms with Crippen molar-refractivity contribution in [3.05, 3.63) is 62.6 Å². The van der Waals surface area contributed by atoms with E-state index in [2.05, 4.69) is 5.32 Å². The predicted molar refractivity (Wildman–Crippen MR) is 129 cm³/mol.